The van der Waals surface area contributed by atoms with Gasteiger partial charge in [0.1, 0.15) is 0 Å². The van der Waals surface area contributed by atoms with E-state index in [0.29, 0.717) is 0 Å². The number of hydrazine groups is 1. The number of urea groups is 1. The van der Waals surface area contributed by atoms with Crippen LogP contribution in [0.2, 0.25) is 0 Å². The molecule has 0 radical (unpaired) electrons. The molecule has 2 amide bonds. The highest BCUT2D eigenvalue weighted by Crippen LogP contribution is 2.30. The quantitative estimate of drug-likeness (QED) is 0.725. The molecule has 0 aromatic rings. The fraction of sp³-hybridized carbons (Fsp3) is 0.846. The van der Waals surface area contributed by atoms with Crippen molar-refractivity contribution in [2.75, 3.05) is 13.1 Å². The van der Waals surface area contributed by atoms with Gasteiger partial charge in [-0.05, 0) is 40.5 Å². The lowest BCUT2D eigenvalue weighted by molar-refractivity contribution is -0.150. The van der Waals surface area contributed by atoms with Crippen LogP contribution in [0.5, 0.6) is 0 Å². The van der Waals surface area contributed by atoms with Gasteiger partial charge in [-0.15, -0.1) is 0 Å². The van der Waals surface area contributed by atoms with Gasteiger partial charge in [0.25, 0.3) is 0 Å². The molecule has 0 saturated carbocycles. The number of piperidine rings is 1. The molecule has 0 atom stereocenters. The van der Waals surface area contributed by atoms with E-state index in [0.717, 1.165) is 25.9 Å². The zero-order chi connectivity index (χ0) is 14.7. The third kappa shape index (κ3) is 3.83. The first-order valence-corrected chi connectivity index (χ1v) is 6.74. The standard InChI is InChI=1S/C13H25N3O3/c1-12(2,10(17)18)13(3,4)14-11(19)15-16-8-6-5-7-9-16/h5-9H2,1-4H3,(H,17,18)(H2,14,15,19). The number of carboxylic acid groups (broad SMARTS) is 1. The number of hydrogen-bond acceptors (Lipinski definition) is 3. The van der Waals surface area contributed by atoms with Gasteiger partial charge < -0.3 is 10.4 Å². The molecule has 1 fully saturated rings. The Morgan fingerprint density at radius 3 is 2.05 bits per heavy atom. The summed E-state index contributed by atoms with van der Waals surface area (Å²) in [5, 5.41) is 13.9. The summed E-state index contributed by atoms with van der Waals surface area (Å²) < 4.78 is 0. The summed E-state index contributed by atoms with van der Waals surface area (Å²) in [7, 11) is 0. The van der Waals surface area contributed by atoms with Gasteiger partial charge in [0.15, 0.2) is 0 Å². The van der Waals surface area contributed by atoms with E-state index >= 15 is 0 Å². The largest absolute Gasteiger partial charge is 0.481 e. The highest BCUT2D eigenvalue weighted by molar-refractivity contribution is 5.79. The van der Waals surface area contributed by atoms with E-state index in [2.05, 4.69) is 10.7 Å². The number of rotatable bonds is 4. The van der Waals surface area contributed by atoms with Crippen LogP contribution in [-0.4, -0.2) is 40.7 Å². The minimum Gasteiger partial charge on any atom is -0.481 e. The van der Waals surface area contributed by atoms with Gasteiger partial charge in [-0.3, -0.25) is 10.2 Å². The lowest BCUT2D eigenvalue weighted by Crippen LogP contribution is -2.61. The van der Waals surface area contributed by atoms with Crippen molar-refractivity contribution in [3.05, 3.63) is 0 Å². The van der Waals surface area contributed by atoms with E-state index in [1.54, 1.807) is 27.7 Å². The maximum atomic E-state index is 11.9. The van der Waals surface area contributed by atoms with Crippen LogP contribution in [0.15, 0.2) is 0 Å². The Kier molecular flexibility index (Phi) is 4.79. The first kappa shape index (κ1) is 15.8. The number of carbonyl (C=O) groups excluding carboxylic acids is 1. The van der Waals surface area contributed by atoms with Gasteiger partial charge in [-0.1, -0.05) is 6.42 Å². The summed E-state index contributed by atoms with van der Waals surface area (Å²) >= 11 is 0. The predicted molar refractivity (Wildman–Crippen MR) is 72.6 cm³/mol. The SMILES string of the molecule is CC(C)(NC(=O)NN1CCCCC1)C(C)(C)C(=O)O. The van der Waals surface area contributed by atoms with Gasteiger partial charge in [0.05, 0.1) is 11.0 Å². The molecular formula is C13H25N3O3. The molecule has 6 heteroatoms. The molecule has 19 heavy (non-hydrogen) atoms. The van der Waals surface area contributed by atoms with Crippen LogP contribution in [0.25, 0.3) is 0 Å². The molecule has 0 bridgehead atoms. The maximum absolute atomic E-state index is 11.9. The Morgan fingerprint density at radius 1 is 1.05 bits per heavy atom. The van der Waals surface area contributed by atoms with Crippen molar-refractivity contribution in [2.24, 2.45) is 5.41 Å². The second-order valence-corrected chi connectivity index (χ2v) is 6.17. The van der Waals surface area contributed by atoms with Gasteiger partial charge in [-0.2, -0.15) is 0 Å². The third-order valence-corrected chi connectivity index (χ3v) is 4.14. The highest BCUT2D eigenvalue weighted by atomic mass is 16.4. The molecule has 0 aromatic carbocycles. The highest BCUT2D eigenvalue weighted by Gasteiger charge is 2.44. The fourth-order valence-corrected chi connectivity index (χ4v) is 1.88. The number of amides is 2. The van der Waals surface area contributed by atoms with Crippen LogP contribution in [0.3, 0.4) is 0 Å². The molecule has 0 aromatic heterocycles. The molecule has 1 aliphatic rings. The number of carbonyl (C=O) groups is 2. The molecule has 0 spiro atoms. The van der Waals surface area contributed by atoms with E-state index in [-0.39, 0.29) is 6.03 Å². The van der Waals surface area contributed by atoms with Crippen LogP contribution in [0.4, 0.5) is 4.79 Å². The number of carboxylic acids is 1. The minimum atomic E-state index is -1.05. The molecule has 6 nitrogen and oxygen atoms in total. The topological polar surface area (TPSA) is 81.7 Å². The van der Waals surface area contributed by atoms with Crippen LogP contribution in [-0.2, 0) is 4.79 Å². The Balaban J connectivity index is 2.57. The zero-order valence-electron chi connectivity index (χ0n) is 12.2. The molecule has 110 valence electrons. The van der Waals surface area contributed by atoms with E-state index in [1.807, 2.05) is 5.01 Å². The Hall–Kier alpha value is -1.30. The molecular weight excluding hydrogens is 246 g/mol. The molecule has 1 aliphatic heterocycles. The number of aliphatic carboxylic acids is 1. The average molecular weight is 271 g/mol. The smallest absolute Gasteiger partial charge is 0.329 e. The van der Waals surface area contributed by atoms with E-state index < -0.39 is 16.9 Å². The summed E-state index contributed by atoms with van der Waals surface area (Å²) in [5.74, 6) is -0.934. The van der Waals surface area contributed by atoms with Gasteiger partial charge >= 0.3 is 12.0 Å². The second kappa shape index (κ2) is 5.77. The van der Waals surface area contributed by atoms with Crippen LogP contribution < -0.4 is 10.7 Å². The Morgan fingerprint density at radius 2 is 1.58 bits per heavy atom. The van der Waals surface area contributed by atoms with Crippen molar-refractivity contribution in [1.29, 1.82) is 0 Å². The second-order valence-electron chi connectivity index (χ2n) is 6.17. The van der Waals surface area contributed by atoms with Crippen molar-refractivity contribution in [3.8, 4) is 0 Å². The molecule has 1 saturated heterocycles. The van der Waals surface area contributed by atoms with Crippen molar-refractivity contribution >= 4 is 12.0 Å². The average Bonchev–Trinajstić information content (AvgIpc) is 2.28. The summed E-state index contributed by atoms with van der Waals surface area (Å²) in [4.78, 5) is 23.2. The lowest BCUT2D eigenvalue weighted by atomic mass is 9.74. The normalized spacial score (nSPS) is 17.9. The zero-order valence-corrected chi connectivity index (χ0v) is 12.2. The van der Waals surface area contributed by atoms with Gasteiger partial charge in [-0.25, -0.2) is 9.80 Å². The van der Waals surface area contributed by atoms with Crippen molar-refractivity contribution in [1.82, 2.24) is 15.8 Å². The Labute approximate surface area is 114 Å². The van der Waals surface area contributed by atoms with Crippen LogP contribution in [0.1, 0.15) is 47.0 Å². The first-order valence-electron chi connectivity index (χ1n) is 6.74. The summed E-state index contributed by atoms with van der Waals surface area (Å²) in [6, 6.07) is -0.346. The minimum absolute atomic E-state index is 0.346. The van der Waals surface area contributed by atoms with Crippen LogP contribution in [0, 0.1) is 5.41 Å². The molecule has 1 heterocycles. The maximum Gasteiger partial charge on any atom is 0.329 e. The summed E-state index contributed by atoms with van der Waals surface area (Å²) in [5.41, 5.74) is 0.878. The monoisotopic (exact) mass is 271 g/mol. The third-order valence-electron chi connectivity index (χ3n) is 4.14. The molecule has 3 N–H and O–H groups in total. The summed E-state index contributed by atoms with van der Waals surface area (Å²) in [6.07, 6.45) is 3.34. The van der Waals surface area contributed by atoms with E-state index in [9.17, 15) is 14.7 Å². The number of hydrogen-bond donors (Lipinski definition) is 3. The number of nitrogens with zero attached hydrogens (tertiary/aromatic N) is 1. The van der Waals surface area contributed by atoms with Crippen molar-refractivity contribution in [3.63, 3.8) is 0 Å². The predicted octanol–water partition coefficient (Wildman–Crippen LogP) is 1.58. The number of nitrogens with one attached hydrogen (secondary N) is 2. The van der Waals surface area contributed by atoms with E-state index in [1.165, 1.54) is 6.42 Å². The van der Waals surface area contributed by atoms with Crippen LogP contribution >= 0.6 is 0 Å². The van der Waals surface area contributed by atoms with Gasteiger partial charge in [0.2, 0.25) is 0 Å². The van der Waals surface area contributed by atoms with E-state index in [4.69, 9.17) is 0 Å². The summed E-state index contributed by atoms with van der Waals surface area (Å²) in [6.45, 7) is 8.34. The Bertz CT molecular complexity index is 347. The first-order chi connectivity index (χ1) is 8.67. The fourth-order valence-electron chi connectivity index (χ4n) is 1.88. The van der Waals surface area contributed by atoms with Crippen molar-refractivity contribution < 1.29 is 14.7 Å². The molecule has 0 unspecified atom stereocenters. The van der Waals surface area contributed by atoms with Gasteiger partial charge in [0, 0.05) is 13.1 Å². The van der Waals surface area contributed by atoms with Crippen molar-refractivity contribution in [2.45, 2.75) is 52.5 Å². The lowest BCUT2D eigenvalue weighted by Gasteiger charge is -2.39. The molecule has 1 rings (SSSR count). The molecule has 0 aliphatic carbocycles.